The minimum atomic E-state index is -0.663. The summed E-state index contributed by atoms with van der Waals surface area (Å²) >= 11 is 0. The lowest BCUT2D eigenvalue weighted by Crippen LogP contribution is -2.41. The Morgan fingerprint density at radius 1 is 1.54 bits per heavy atom. The van der Waals surface area contributed by atoms with Gasteiger partial charge >= 0.3 is 5.97 Å². The molecule has 2 heterocycles. The first kappa shape index (κ1) is 8.69. The van der Waals surface area contributed by atoms with Crippen LogP contribution in [0.1, 0.15) is 19.3 Å². The van der Waals surface area contributed by atoms with Crippen LogP contribution in [0, 0.1) is 5.92 Å². The van der Waals surface area contributed by atoms with Gasteiger partial charge in [-0.2, -0.15) is 0 Å². The van der Waals surface area contributed by atoms with Gasteiger partial charge in [-0.1, -0.05) is 0 Å². The Hall–Kier alpha value is -0.900. The van der Waals surface area contributed by atoms with Crippen molar-refractivity contribution in [2.24, 2.45) is 5.92 Å². The normalized spacial score (nSPS) is 37.6. The van der Waals surface area contributed by atoms with Crippen molar-refractivity contribution in [1.29, 1.82) is 0 Å². The predicted octanol–water partition coefficient (Wildman–Crippen LogP) is 0.296. The molecule has 0 aromatic carbocycles. The molecule has 2 aliphatic heterocycles. The van der Waals surface area contributed by atoms with Crippen LogP contribution in [-0.2, 0) is 19.1 Å². The molecular formula is C9H12O4. The average Bonchev–Trinajstić information content (AvgIpc) is 2.48. The maximum atomic E-state index is 11.5. The summed E-state index contributed by atoms with van der Waals surface area (Å²) in [7, 11) is 1.30. The number of carbonyl (C=O) groups is 2. The van der Waals surface area contributed by atoms with Crippen LogP contribution in [0.2, 0.25) is 0 Å². The zero-order valence-electron chi connectivity index (χ0n) is 7.49. The molecule has 2 bridgehead atoms. The van der Waals surface area contributed by atoms with Crippen LogP contribution >= 0.6 is 0 Å². The Labute approximate surface area is 76.2 Å². The van der Waals surface area contributed by atoms with Gasteiger partial charge in [-0.3, -0.25) is 9.59 Å². The summed E-state index contributed by atoms with van der Waals surface area (Å²) in [5.41, 5.74) is 0. The quantitative estimate of drug-likeness (QED) is 0.434. The van der Waals surface area contributed by atoms with Crippen molar-refractivity contribution in [3.8, 4) is 0 Å². The summed E-state index contributed by atoms with van der Waals surface area (Å²) in [5.74, 6) is -1.13. The number of methoxy groups -OCH3 is 1. The Kier molecular flexibility index (Phi) is 2.07. The molecule has 4 nitrogen and oxygen atoms in total. The molecule has 3 atom stereocenters. The average molecular weight is 184 g/mol. The van der Waals surface area contributed by atoms with Gasteiger partial charge in [0.15, 0.2) is 5.78 Å². The second kappa shape index (κ2) is 3.10. The lowest BCUT2D eigenvalue weighted by atomic mass is 9.94. The van der Waals surface area contributed by atoms with E-state index >= 15 is 0 Å². The molecule has 0 amide bonds. The summed E-state index contributed by atoms with van der Waals surface area (Å²) < 4.78 is 10.1. The Morgan fingerprint density at radius 3 is 3.00 bits per heavy atom. The third kappa shape index (κ3) is 1.35. The molecule has 0 N–H and O–H groups in total. The van der Waals surface area contributed by atoms with E-state index in [0.29, 0.717) is 6.42 Å². The number of ether oxygens (including phenoxy) is 2. The van der Waals surface area contributed by atoms with Gasteiger partial charge in [0.2, 0.25) is 0 Å². The van der Waals surface area contributed by atoms with Crippen LogP contribution < -0.4 is 0 Å². The first-order valence-electron chi connectivity index (χ1n) is 4.48. The van der Waals surface area contributed by atoms with Gasteiger partial charge in [0.05, 0.1) is 19.3 Å². The predicted molar refractivity (Wildman–Crippen MR) is 43.0 cm³/mol. The van der Waals surface area contributed by atoms with Gasteiger partial charge in [0.1, 0.15) is 5.92 Å². The maximum absolute atomic E-state index is 11.5. The van der Waals surface area contributed by atoms with E-state index in [1.54, 1.807) is 0 Å². The summed E-state index contributed by atoms with van der Waals surface area (Å²) in [6.07, 6.45) is 1.90. The number of rotatable bonds is 1. The molecule has 0 aromatic heterocycles. The zero-order chi connectivity index (χ0) is 9.42. The second-order valence-corrected chi connectivity index (χ2v) is 3.55. The molecule has 0 saturated carbocycles. The van der Waals surface area contributed by atoms with E-state index in [1.165, 1.54) is 7.11 Å². The lowest BCUT2D eigenvalue weighted by molar-refractivity contribution is -0.161. The summed E-state index contributed by atoms with van der Waals surface area (Å²) in [6.45, 7) is 0. The number of hydrogen-bond donors (Lipinski definition) is 0. The number of Topliss-reactive ketones (excluding diaryl/α,β-unsaturated/α-hetero) is 1. The number of ketones is 1. The van der Waals surface area contributed by atoms with Crippen molar-refractivity contribution >= 4 is 11.8 Å². The molecule has 0 spiro atoms. The van der Waals surface area contributed by atoms with Crippen molar-refractivity contribution in [2.45, 2.75) is 31.5 Å². The van der Waals surface area contributed by atoms with Gasteiger partial charge in [0, 0.05) is 6.42 Å². The summed E-state index contributed by atoms with van der Waals surface area (Å²) in [4.78, 5) is 22.7. The Bertz CT molecular complexity index is 248. The zero-order valence-corrected chi connectivity index (χ0v) is 7.49. The third-order valence-corrected chi connectivity index (χ3v) is 2.74. The molecule has 3 unspecified atom stereocenters. The van der Waals surface area contributed by atoms with Gasteiger partial charge < -0.3 is 9.47 Å². The van der Waals surface area contributed by atoms with Crippen molar-refractivity contribution in [3.05, 3.63) is 0 Å². The van der Waals surface area contributed by atoms with Crippen LogP contribution in [0.5, 0.6) is 0 Å². The fourth-order valence-electron chi connectivity index (χ4n) is 2.10. The Balaban J connectivity index is 2.16. The van der Waals surface area contributed by atoms with E-state index in [1.807, 2.05) is 0 Å². The molecule has 0 aliphatic carbocycles. The first-order valence-corrected chi connectivity index (χ1v) is 4.48. The van der Waals surface area contributed by atoms with Crippen molar-refractivity contribution < 1.29 is 19.1 Å². The molecular weight excluding hydrogens is 172 g/mol. The molecule has 13 heavy (non-hydrogen) atoms. The SMILES string of the molecule is COC(=O)C1C(=O)CC2CCC1O2. The van der Waals surface area contributed by atoms with Crippen LogP contribution in [0.4, 0.5) is 0 Å². The highest BCUT2D eigenvalue weighted by molar-refractivity contribution is 6.00. The van der Waals surface area contributed by atoms with Crippen molar-refractivity contribution in [3.63, 3.8) is 0 Å². The second-order valence-electron chi connectivity index (χ2n) is 3.55. The molecule has 2 saturated heterocycles. The van der Waals surface area contributed by atoms with E-state index in [-0.39, 0.29) is 18.0 Å². The fourth-order valence-corrected chi connectivity index (χ4v) is 2.10. The molecule has 0 radical (unpaired) electrons. The highest BCUT2D eigenvalue weighted by Crippen LogP contribution is 2.34. The van der Waals surface area contributed by atoms with Crippen LogP contribution in [0.3, 0.4) is 0 Å². The molecule has 2 aliphatic rings. The summed E-state index contributed by atoms with van der Waals surface area (Å²) in [6, 6.07) is 0. The lowest BCUT2D eigenvalue weighted by Gasteiger charge is -2.25. The van der Waals surface area contributed by atoms with E-state index in [4.69, 9.17) is 4.74 Å². The molecule has 4 heteroatoms. The fraction of sp³-hybridized carbons (Fsp3) is 0.778. The first-order chi connectivity index (χ1) is 6.22. The third-order valence-electron chi connectivity index (χ3n) is 2.74. The number of carbonyl (C=O) groups excluding carboxylic acids is 2. The number of hydrogen-bond acceptors (Lipinski definition) is 4. The maximum Gasteiger partial charge on any atom is 0.318 e. The van der Waals surface area contributed by atoms with E-state index in [2.05, 4.69) is 4.74 Å². The Morgan fingerprint density at radius 2 is 2.31 bits per heavy atom. The minimum Gasteiger partial charge on any atom is -0.468 e. The van der Waals surface area contributed by atoms with Crippen molar-refractivity contribution in [2.75, 3.05) is 7.11 Å². The number of esters is 1. The van der Waals surface area contributed by atoms with Crippen molar-refractivity contribution in [1.82, 2.24) is 0 Å². The van der Waals surface area contributed by atoms with Crippen LogP contribution in [-0.4, -0.2) is 31.1 Å². The topological polar surface area (TPSA) is 52.6 Å². The minimum absolute atomic E-state index is 0.0226. The highest BCUT2D eigenvalue weighted by atomic mass is 16.5. The monoisotopic (exact) mass is 184 g/mol. The molecule has 2 rings (SSSR count). The van der Waals surface area contributed by atoms with Gasteiger partial charge in [-0.15, -0.1) is 0 Å². The highest BCUT2D eigenvalue weighted by Gasteiger charge is 2.46. The van der Waals surface area contributed by atoms with Gasteiger partial charge in [-0.05, 0) is 12.8 Å². The van der Waals surface area contributed by atoms with E-state index in [0.717, 1.165) is 12.8 Å². The molecule has 72 valence electrons. The summed E-state index contributed by atoms with van der Waals surface area (Å²) in [5, 5.41) is 0. The molecule has 0 aromatic rings. The standard InChI is InChI=1S/C9H12O4/c1-12-9(11)8-6(10)4-5-2-3-7(8)13-5/h5,7-8H,2-4H2,1H3. The van der Waals surface area contributed by atoms with Gasteiger partial charge in [0.25, 0.3) is 0 Å². The largest absolute Gasteiger partial charge is 0.468 e. The van der Waals surface area contributed by atoms with Gasteiger partial charge in [-0.25, -0.2) is 0 Å². The smallest absolute Gasteiger partial charge is 0.318 e. The van der Waals surface area contributed by atoms with Crippen LogP contribution in [0.15, 0.2) is 0 Å². The molecule has 2 fully saturated rings. The van der Waals surface area contributed by atoms with Crippen LogP contribution in [0.25, 0.3) is 0 Å². The van der Waals surface area contributed by atoms with E-state index in [9.17, 15) is 9.59 Å². The van der Waals surface area contributed by atoms with E-state index < -0.39 is 11.9 Å². The number of fused-ring (bicyclic) bond motifs is 2.